The van der Waals surface area contributed by atoms with Crippen LogP contribution in [0.5, 0.6) is 0 Å². The second-order valence-electron chi connectivity index (χ2n) is 1.87. The molecule has 0 radical (unpaired) electrons. The zero-order valence-corrected chi connectivity index (χ0v) is 8.60. The zero-order valence-electron chi connectivity index (χ0n) is 5.28. The third-order valence-electron chi connectivity index (χ3n) is 0.976. The van der Waals surface area contributed by atoms with Gasteiger partial charge in [0.15, 0.2) is 0 Å². The van der Waals surface area contributed by atoms with E-state index in [1.807, 2.05) is 9.24 Å². The molecule has 1 atom stereocenters. The minimum atomic E-state index is -4.59. The molecule has 0 saturated carbocycles. The van der Waals surface area contributed by atoms with Crippen LogP contribution in [0.3, 0.4) is 0 Å². The molecule has 1 aliphatic heterocycles. The summed E-state index contributed by atoms with van der Waals surface area (Å²) in [7, 11) is 1.91. The fraction of sp³-hybridized carbons (Fsp3) is 0.500. The van der Waals surface area contributed by atoms with Crippen LogP contribution in [0.15, 0.2) is 9.27 Å². The van der Waals surface area contributed by atoms with Crippen molar-refractivity contribution in [2.75, 3.05) is 0 Å². The Balaban J connectivity index is 2.97. The number of alkyl halides is 4. The summed E-state index contributed by atoms with van der Waals surface area (Å²) in [4.78, 5) is 0. The first-order valence-corrected chi connectivity index (χ1v) is 4.21. The SMILES string of the molecule is FC1(F)OC(=C(P)I)OC1(F)F. The van der Waals surface area contributed by atoms with E-state index in [0.29, 0.717) is 0 Å². The molecule has 1 unspecified atom stereocenters. The molecule has 0 spiro atoms. The summed E-state index contributed by atoms with van der Waals surface area (Å²) in [6.07, 6.45) is -9.18. The van der Waals surface area contributed by atoms with Crippen LogP contribution in [0.1, 0.15) is 0 Å². The molecule has 0 aromatic rings. The van der Waals surface area contributed by atoms with E-state index in [1.54, 1.807) is 0 Å². The Bertz CT molecular complexity index is 219. The highest BCUT2D eigenvalue weighted by molar-refractivity contribution is 14.1. The molecule has 0 aliphatic carbocycles. The smallest absolute Gasteiger partial charge is 0.392 e. The Kier molecular flexibility index (Phi) is 2.46. The highest BCUT2D eigenvalue weighted by Crippen LogP contribution is 2.47. The second-order valence-corrected chi connectivity index (χ2v) is 4.79. The quantitative estimate of drug-likeness (QED) is 0.389. The maximum atomic E-state index is 12.2. The first-order valence-electron chi connectivity index (χ1n) is 2.55. The van der Waals surface area contributed by atoms with Crippen LogP contribution in [0.4, 0.5) is 17.6 Å². The Hall–Kier alpha value is 0.220. The molecule has 8 heteroatoms. The molecule has 1 heterocycles. The number of halogens is 5. The summed E-state index contributed by atoms with van der Waals surface area (Å²) in [6.45, 7) is 0. The third-order valence-corrected chi connectivity index (χ3v) is 1.65. The molecule has 0 aromatic carbocycles. The van der Waals surface area contributed by atoms with Crippen LogP contribution >= 0.6 is 31.8 Å². The van der Waals surface area contributed by atoms with E-state index >= 15 is 0 Å². The lowest BCUT2D eigenvalue weighted by Gasteiger charge is -2.10. The van der Waals surface area contributed by atoms with Crippen LogP contribution < -0.4 is 0 Å². The van der Waals surface area contributed by atoms with Gasteiger partial charge in [-0.15, -0.1) is 0 Å². The lowest BCUT2D eigenvalue weighted by molar-refractivity contribution is -0.344. The van der Waals surface area contributed by atoms with Gasteiger partial charge in [0.1, 0.15) is 0 Å². The standard InChI is InChI=1S/C4H2F4IO2P/c5-3(6)4(7,8)11-2(10-3)1(9)12/h12H2. The van der Waals surface area contributed by atoms with E-state index in [1.165, 1.54) is 22.6 Å². The van der Waals surface area contributed by atoms with Crippen LogP contribution in [0.2, 0.25) is 0 Å². The maximum absolute atomic E-state index is 12.2. The molecule has 1 rings (SSSR count). The molecule has 1 fully saturated rings. The van der Waals surface area contributed by atoms with Gasteiger partial charge in [-0.05, 0) is 22.6 Å². The molecule has 0 aromatic heterocycles. The number of ether oxygens (including phenoxy) is 2. The normalized spacial score (nSPS) is 24.7. The van der Waals surface area contributed by atoms with E-state index in [9.17, 15) is 17.6 Å². The summed E-state index contributed by atoms with van der Waals surface area (Å²) in [5.74, 6) is -0.865. The Morgan fingerprint density at radius 3 is 1.67 bits per heavy atom. The molecular weight excluding hydrogens is 314 g/mol. The summed E-state index contributed by atoms with van der Waals surface area (Å²) >= 11 is 1.50. The van der Waals surface area contributed by atoms with Crippen molar-refractivity contribution in [3.63, 3.8) is 0 Å². The van der Waals surface area contributed by atoms with Crippen molar-refractivity contribution in [2.24, 2.45) is 0 Å². The molecule has 0 N–H and O–H groups in total. The largest absolute Gasteiger partial charge is 0.509 e. The van der Waals surface area contributed by atoms with E-state index in [-0.39, 0.29) is 3.32 Å². The highest BCUT2D eigenvalue weighted by atomic mass is 127. The average molecular weight is 316 g/mol. The van der Waals surface area contributed by atoms with Gasteiger partial charge >= 0.3 is 18.2 Å². The Morgan fingerprint density at radius 1 is 1.17 bits per heavy atom. The van der Waals surface area contributed by atoms with Crippen molar-refractivity contribution in [1.29, 1.82) is 0 Å². The van der Waals surface area contributed by atoms with Crippen molar-refractivity contribution in [2.45, 2.75) is 12.2 Å². The first-order chi connectivity index (χ1) is 5.26. The Labute approximate surface area is 80.6 Å². The fourth-order valence-corrected chi connectivity index (χ4v) is 0.808. The van der Waals surface area contributed by atoms with Crippen molar-refractivity contribution < 1.29 is 27.0 Å². The van der Waals surface area contributed by atoms with Gasteiger partial charge in [0.05, 0.1) is 3.32 Å². The van der Waals surface area contributed by atoms with E-state index in [2.05, 4.69) is 9.47 Å². The molecule has 0 amide bonds. The molecular formula is C4H2F4IO2P. The van der Waals surface area contributed by atoms with Gasteiger partial charge in [-0.3, -0.25) is 0 Å². The van der Waals surface area contributed by atoms with Crippen molar-refractivity contribution in [3.8, 4) is 0 Å². The van der Waals surface area contributed by atoms with Crippen LogP contribution in [0, 0.1) is 0 Å². The van der Waals surface area contributed by atoms with Crippen molar-refractivity contribution in [3.05, 3.63) is 9.27 Å². The average Bonchev–Trinajstić information content (AvgIpc) is 2.03. The lowest BCUT2D eigenvalue weighted by atomic mass is 10.6. The third kappa shape index (κ3) is 1.61. The van der Waals surface area contributed by atoms with Gasteiger partial charge in [-0.2, -0.15) is 17.6 Å². The van der Waals surface area contributed by atoms with Gasteiger partial charge in [0.2, 0.25) is 0 Å². The maximum Gasteiger partial charge on any atom is 0.509 e. The summed E-state index contributed by atoms with van der Waals surface area (Å²) in [6, 6.07) is 0. The number of hydrogen-bond donors (Lipinski definition) is 0. The highest BCUT2D eigenvalue weighted by Gasteiger charge is 2.69. The van der Waals surface area contributed by atoms with Gasteiger partial charge in [0, 0.05) is 0 Å². The van der Waals surface area contributed by atoms with Crippen LogP contribution in [0.25, 0.3) is 0 Å². The number of rotatable bonds is 0. The van der Waals surface area contributed by atoms with E-state index < -0.39 is 18.2 Å². The fourth-order valence-electron chi connectivity index (χ4n) is 0.470. The number of hydrogen-bond acceptors (Lipinski definition) is 2. The predicted octanol–water partition coefficient (Wildman–Crippen LogP) is 2.66. The van der Waals surface area contributed by atoms with E-state index in [4.69, 9.17) is 0 Å². The molecule has 12 heavy (non-hydrogen) atoms. The first kappa shape index (κ1) is 10.3. The monoisotopic (exact) mass is 316 g/mol. The van der Waals surface area contributed by atoms with Crippen molar-refractivity contribution in [1.82, 2.24) is 0 Å². The zero-order chi connectivity index (χ0) is 9.57. The summed E-state index contributed by atoms with van der Waals surface area (Å²) < 4.78 is 55.9. The van der Waals surface area contributed by atoms with Crippen LogP contribution in [-0.4, -0.2) is 12.2 Å². The van der Waals surface area contributed by atoms with E-state index in [0.717, 1.165) is 0 Å². The minimum absolute atomic E-state index is 0.0180. The van der Waals surface area contributed by atoms with Gasteiger partial charge in [-0.25, -0.2) is 0 Å². The molecule has 2 nitrogen and oxygen atoms in total. The second kappa shape index (κ2) is 2.87. The molecule has 0 bridgehead atoms. The van der Waals surface area contributed by atoms with Gasteiger partial charge < -0.3 is 9.47 Å². The van der Waals surface area contributed by atoms with Gasteiger partial charge in [0.25, 0.3) is 0 Å². The Morgan fingerprint density at radius 2 is 1.50 bits per heavy atom. The minimum Gasteiger partial charge on any atom is -0.392 e. The predicted molar refractivity (Wildman–Crippen MR) is 42.8 cm³/mol. The summed E-state index contributed by atoms with van der Waals surface area (Å²) in [5.41, 5.74) is 0. The molecule has 1 saturated heterocycles. The van der Waals surface area contributed by atoms with Gasteiger partial charge in [-0.1, -0.05) is 9.24 Å². The molecule has 1 aliphatic rings. The van der Waals surface area contributed by atoms with Crippen LogP contribution in [-0.2, 0) is 9.47 Å². The van der Waals surface area contributed by atoms with Crippen molar-refractivity contribution >= 4 is 31.8 Å². The topological polar surface area (TPSA) is 18.5 Å². The molecule has 70 valence electrons. The summed E-state index contributed by atoms with van der Waals surface area (Å²) in [5, 5.41) is 0. The lowest BCUT2D eigenvalue weighted by Crippen LogP contribution is -2.36.